The van der Waals surface area contributed by atoms with Gasteiger partial charge in [-0.2, -0.15) is 0 Å². The van der Waals surface area contributed by atoms with E-state index in [1.807, 2.05) is 24.4 Å². The van der Waals surface area contributed by atoms with Gasteiger partial charge >= 0.3 is 5.97 Å². The smallest absolute Gasteiger partial charge is 0.328 e. The van der Waals surface area contributed by atoms with Crippen molar-refractivity contribution in [2.24, 2.45) is 0 Å². The largest absolute Gasteiger partial charge is 0.464 e. The van der Waals surface area contributed by atoms with Crippen molar-refractivity contribution >= 4 is 34.6 Å². The van der Waals surface area contributed by atoms with Gasteiger partial charge in [-0.05, 0) is 31.2 Å². The first-order valence-corrected chi connectivity index (χ1v) is 9.78. The summed E-state index contributed by atoms with van der Waals surface area (Å²) in [5.74, 6) is -0.274. The summed E-state index contributed by atoms with van der Waals surface area (Å²) in [6, 6.07) is 3.45. The fraction of sp³-hybridized carbons (Fsp3) is 0.471. The van der Waals surface area contributed by atoms with E-state index in [9.17, 15) is 9.59 Å². The summed E-state index contributed by atoms with van der Waals surface area (Å²) in [5, 5.41) is 1.96. The van der Waals surface area contributed by atoms with Gasteiger partial charge in [0, 0.05) is 22.7 Å². The number of thiazole rings is 1. The lowest BCUT2D eigenvalue weighted by atomic mass is 10.2. The van der Waals surface area contributed by atoms with Gasteiger partial charge in [-0.1, -0.05) is 6.07 Å². The highest BCUT2D eigenvalue weighted by atomic mass is 32.1. The Morgan fingerprint density at radius 3 is 3.00 bits per heavy atom. The highest BCUT2D eigenvalue weighted by Crippen LogP contribution is 2.21. The number of carbonyl (C=O) groups excluding carboxylic acids is 2. The zero-order valence-electron chi connectivity index (χ0n) is 13.6. The van der Waals surface area contributed by atoms with Crippen molar-refractivity contribution in [2.45, 2.75) is 38.6 Å². The number of aryl methyl sites for hydroxylation is 1. The normalized spacial score (nSPS) is 17.2. The predicted octanol–water partition coefficient (Wildman–Crippen LogP) is 2.83. The molecule has 0 radical (unpaired) electrons. The molecule has 128 valence electrons. The number of rotatable bonds is 6. The second kappa shape index (κ2) is 7.90. The van der Waals surface area contributed by atoms with Crippen LogP contribution < -0.4 is 0 Å². The van der Waals surface area contributed by atoms with Crippen LogP contribution in [0, 0.1) is 6.92 Å². The second-order valence-electron chi connectivity index (χ2n) is 5.78. The molecule has 0 aliphatic carbocycles. The van der Waals surface area contributed by atoms with Crippen molar-refractivity contribution in [3.63, 3.8) is 0 Å². The molecule has 2 aromatic rings. The first kappa shape index (κ1) is 17.1. The van der Waals surface area contributed by atoms with Gasteiger partial charge in [0.05, 0.1) is 24.2 Å². The van der Waals surface area contributed by atoms with E-state index in [0.29, 0.717) is 32.4 Å². The quantitative estimate of drug-likeness (QED) is 0.740. The average Bonchev–Trinajstić information content (AvgIpc) is 3.29. The molecular formula is C17H20N2O3S2. The average molecular weight is 364 g/mol. The van der Waals surface area contributed by atoms with Crippen LogP contribution in [-0.2, 0) is 27.2 Å². The van der Waals surface area contributed by atoms with Crippen LogP contribution in [0.25, 0.3) is 0 Å². The highest BCUT2D eigenvalue weighted by Gasteiger charge is 2.35. The molecule has 1 saturated heterocycles. The SMILES string of the molecule is Cc1ncsc1CCOC(=O)C1CCCN1C(=O)Cc1cccs1. The molecule has 3 heterocycles. The van der Waals surface area contributed by atoms with E-state index in [2.05, 4.69) is 4.98 Å². The number of likely N-dealkylation sites (tertiary alicyclic amines) is 1. The Labute approximate surface area is 149 Å². The molecule has 0 aromatic carbocycles. The summed E-state index contributed by atoms with van der Waals surface area (Å²) in [5.41, 5.74) is 2.79. The summed E-state index contributed by atoms with van der Waals surface area (Å²) in [7, 11) is 0. The lowest BCUT2D eigenvalue weighted by Gasteiger charge is -2.23. The molecule has 7 heteroatoms. The molecule has 5 nitrogen and oxygen atoms in total. The fourth-order valence-electron chi connectivity index (χ4n) is 2.88. The van der Waals surface area contributed by atoms with Gasteiger partial charge in [0.25, 0.3) is 0 Å². The van der Waals surface area contributed by atoms with Gasteiger partial charge < -0.3 is 9.64 Å². The summed E-state index contributed by atoms with van der Waals surface area (Å²) in [6.45, 7) is 2.93. The minimum Gasteiger partial charge on any atom is -0.464 e. The third-order valence-electron chi connectivity index (χ3n) is 4.17. The van der Waals surface area contributed by atoms with Crippen LogP contribution >= 0.6 is 22.7 Å². The predicted molar refractivity (Wildman–Crippen MR) is 94.3 cm³/mol. The van der Waals surface area contributed by atoms with Crippen LogP contribution in [0.15, 0.2) is 23.0 Å². The van der Waals surface area contributed by atoms with E-state index in [4.69, 9.17) is 4.74 Å². The Hall–Kier alpha value is -1.73. The Morgan fingerprint density at radius 2 is 2.29 bits per heavy atom. The first-order chi connectivity index (χ1) is 11.6. The van der Waals surface area contributed by atoms with Gasteiger partial charge in [-0.3, -0.25) is 4.79 Å². The topological polar surface area (TPSA) is 59.5 Å². The van der Waals surface area contributed by atoms with Crippen molar-refractivity contribution in [2.75, 3.05) is 13.2 Å². The van der Waals surface area contributed by atoms with E-state index in [0.717, 1.165) is 21.9 Å². The molecule has 3 rings (SSSR count). The number of hydrogen-bond acceptors (Lipinski definition) is 6. The maximum absolute atomic E-state index is 12.5. The lowest BCUT2D eigenvalue weighted by molar-refractivity contribution is -0.153. The Morgan fingerprint density at radius 1 is 1.42 bits per heavy atom. The van der Waals surface area contributed by atoms with Crippen LogP contribution in [-0.4, -0.2) is 41.0 Å². The lowest BCUT2D eigenvalue weighted by Crippen LogP contribution is -2.42. The van der Waals surface area contributed by atoms with Crippen LogP contribution in [0.2, 0.25) is 0 Å². The molecule has 2 aromatic heterocycles. The number of ether oxygens (including phenoxy) is 1. The van der Waals surface area contributed by atoms with Crippen LogP contribution in [0.4, 0.5) is 0 Å². The molecule has 0 saturated carbocycles. The Bertz CT molecular complexity index is 697. The molecule has 1 aliphatic heterocycles. The van der Waals surface area contributed by atoms with Crippen molar-refractivity contribution in [1.82, 2.24) is 9.88 Å². The van der Waals surface area contributed by atoms with Crippen LogP contribution in [0.1, 0.15) is 28.3 Å². The van der Waals surface area contributed by atoms with E-state index in [1.165, 1.54) is 0 Å². The highest BCUT2D eigenvalue weighted by molar-refractivity contribution is 7.10. The Kier molecular flexibility index (Phi) is 5.63. The minimum absolute atomic E-state index is 0.00945. The number of amides is 1. The number of nitrogens with zero attached hydrogens (tertiary/aromatic N) is 2. The number of hydrogen-bond donors (Lipinski definition) is 0. The van der Waals surface area contributed by atoms with E-state index in [-0.39, 0.29) is 11.9 Å². The van der Waals surface area contributed by atoms with Crippen LogP contribution in [0.5, 0.6) is 0 Å². The van der Waals surface area contributed by atoms with E-state index >= 15 is 0 Å². The van der Waals surface area contributed by atoms with Crippen molar-refractivity contribution in [1.29, 1.82) is 0 Å². The molecule has 1 amide bonds. The first-order valence-electron chi connectivity index (χ1n) is 8.02. The summed E-state index contributed by atoms with van der Waals surface area (Å²) >= 11 is 3.14. The molecule has 24 heavy (non-hydrogen) atoms. The summed E-state index contributed by atoms with van der Waals surface area (Å²) in [6.07, 6.45) is 2.58. The zero-order valence-corrected chi connectivity index (χ0v) is 15.2. The zero-order chi connectivity index (χ0) is 16.9. The second-order valence-corrected chi connectivity index (χ2v) is 7.75. The van der Waals surface area contributed by atoms with Crippen molar-refractivity contribution < 1.29 is 14.3 Å². The van der Waals surface area contributed by atoms with E-state index < -0.39 is 6.04 Å². The minimum atomic E-state index is -0.431. The van der Waals surface area contributed by atoms with E-state index in [1.54, 1.807) is 33.1 Å². The number of aromatic nitrogens is 1. The number of carbonyl (C=O) groups is 2. The van der Waals surface area contributed by atoms with Gasteiger partial charge in [-0.15, -0.1) is 22.7 Å². The summed E-state index contributed by atoms with van der Waals surface area (Å²) in [4.78, 5) is 32.8. The molecule has 0 N–H and O–H groups in total. The van der Waals surface area contributed by atoms with Gasteiger partial charge in [0.15, 0.2) is 0 Å². The molecule has 1 unspecified atom stereocenters. The number of thiophene rings is 1. The third-order valence-corrected chi connectivity index (χ3v) is 6.04. The van der Waals surface area contributed by atoms with Crippen LogP contribution in [0.3, 0.4) is 0 Å². The van der Waals surface area contributed by atoms with Gasteiger partial charge in [0.1, 0.15) is 6.04 Å². The molecule has 1 fully saturated rings. The van der Waals surface area contributed by atoms with Gasteiger partial charge in [0.2, 0.25) is 5.91 Å². The van der Waals surface area contributed by atoms with Crippen molar-refractivity contribution in [3.8, 4) is 0 Å². The summed E-state index contributed by atoms with van der Waals surface area (Å²) < 4.78 is 5.42. The third kappa shape index (κ3) is 4.02. The Balaban J connectivity index is 1.51. The monoisotopic (exact) mass is 364 g/mol. The molecule has 1 aliphatic rings. The van der Waals surface area contributed by atoms with Crippen molar-refractivity contribution in [3.05, 3.63) is 38.5 Å². The maximum atomic E-state index is 12.5. The molecule has 1 atom stereocenters. The molecule has 0 bridgehead atoms. The molecular weight excluding hydrogens is 344 g/mol. The standard InChI is InChI=1S/C17H20N2O3S2/c1-12-15(24-11-18-12)6-8-22-17(21)14-5-2-7-19(14)16(20)10-13-4-3-9-23-13/h3-4,9,11,14H,2,5-8,10H2,1H3. The number of esters is 1. The fourth-order valence-corrected chi connectivity index (χ4v) is 4.34. The molecule has 0 spiro atoms. The maximum Gasteiger partial charge on any atom is 0.328 e. The van der Waals surface area contributed by atoms with Gasteiger partial charge in [-0.25, -0.2) is 9.78 Å².